The predicted molar refractivity (Wildman–Crippen MR) is 45.7 cm³/mol. The van der Waals surface area contributed by atoms with Crippen LogP contribution in [0.2, 0.25) is 0 Å². The van der Waals surface area contributed by atoms with Gasteiger partial charge in [-0.05, 0) is 30.4 Å². The first-order valence-corrected chi connectivity index (χ1v) is 4.10. The van der Waals surface area contributed by atoms with Crippen LogP contribution in [0.15, 0.2) is 29.2 Å². The first kappa shape index (κ1) is 6.29. The highest BCUT2D eigenvalue weighted by atomic mass is 32.1. The molecule has 1 aromatic rings. The molecule has 1 aliphatic rings. The molecule has 0 bridgehead atoms. The number of hydrogen-bond acceptors (Lipinski definition) is 1. The molecule has 0 radical (unpaired) electrons. The van der Waals surface area contributed by atoms with E-state index in [-0.39, 0.29) is 0 Å². The Morgan fingerprint density at radius 2 is 1.90 bits per heavy atom. The minimum Gasteiger partial charge on any atom is -0.143 e. The SMILES string of the molecule is Sc1ccccc1C1CC1. The molecule has 0 unspecified atom stereocenters. The summed E-state index contributed by atoms with van der Waals surface area (Å²) in [6.07, 6.45) is 2.72. The summed E-state index contributed by atoms with van der Waals surface area (Å²) in [7, 11) is 0. The van der Waals surface area contributed by atoms with E-state index in [1.165, 1.54) is 18.4 Å². The van der Waals surface area contributed by atoms with Gasteiger partial charge in [0.15, 0.2) is 0 Å². The lowest BCUT2D eigenvalue weighted by atomic mass is 10.1. The molecule has 0 nitrogen and oxygen atoms in total. The second-order valence-electron chi connectivity index (χ2n) is 2.83. The maximum Gasteiger partial charge on any atom is 0.00748 e. The lowest BCUT2D eigenvalue weighted by Crippen LogP contribution is -1.79. The van der Waals surface area contributed by atoms with Gasteiger partial charge < -0.3 is 0 Å². The average Bonchev–Trinajstić information content (AvgIpc) is 2.71. The Hall–Kier alpha value is -0.430. The first-order valence-electron chi connectivity index (χ1n) is 3.66. The van der Waals surface area contributed by atoms with Crippen LogP contribution >= 0.6 is 12.6 Å². The van der Waals surface area contributed by atoms with E-state index < -0.39 is 0 Å². The van der Waals surface area contributed by atoms with Crippen molar-refractivity contribution in [2.75, 3.05) is 0 Å². The van der Waals surface area contributed by atoms with Crippen molar-refractivity contribution >= 4 is 12.6 Å². The molecular weight excluding hydrogens is 140 g/mol. The van der Waals surface area contributed by atoms with E-state index >= 15 is 0 Å². The summed E-state index contributed by atoms with van der Waals surface area (Å²) in [6.45, 7) is 0. The van der Waals surface area contributed by atoms with E-state index in [0.29, 0.717) is 0 Å². The van der Waals surface area contributed by atoms with Crippen LogP contribution in [0.25, 0.3) is 0 Å². The molecule has 0 atom stereocenters. The minimum atomic E-state index is 0.827. The number of rotatable bonds is 1. The van der Waals surface area contributed by atoms with Gasteiger partial charge in [0.1, 0.15) is 0 Å². The predicted octanol–water partition coefficient (Wildman–Crippen LogP) is 2.85. The fourth-order valence-electron chi connectivity index (χ4n) is 1.23. The third kappa shape index (κ3) is 1.06. The molecule has 0 aliphatic heterocycles. The van der Waals surface area contributed by atoms with Crippen LogP contribution in [-0.2, 0) is 0 Å². The van der Waals surface area contributed by atoms with Crippen molar-refractivity contribution in [1.29, 1.82) is 0 Å². The third-order valence-electron chi connectivity index (χ3n) is 1.95. The Bertz CT molecular complexity index is 238. The van der Waals surface area contributed by atoms with Crippen LogP contribution in [-0.4, -0.2) is 0 Å². The quantitative estimate of drug-likeness (QED) is 0.585. The molecule has 0 saturated heterocycles. The molecular formula is C9H10S. The highest BCUT2D eigenvalue weighted by molar-refractivity contribution is 7.80. The Morgan fingerprint density at radius 1 is 1.20 bits per heavy atom. The zero-order valence-corrected chi connectivity index (χ0v) is 6.64. The van der Waals surface area contributed by atoms with Gasteiger partial charge >= 0.3 is 0 Å². The summed E-state index contributed by atoms with van der Waals surface area (Å²) in [5, 5.41) is 0. The molecule has 10 heavy (non-hydrogen) atoms. The Kier molecular flexibility index (Phi) is 1.46. The van der Waals surface area contributed by atoms with Gasteiger partial charge in [0.25, 0.3) is 0 Å². The zero-order chi connectivity index (χ0) is 6.97. The second kappa shape index (κ2) is 2.31. The van der Waals surface area contributed by atoms with Gasteiger partial charge in [-0.2, -0.15) is 0 Å². The van der Waals surface area contributed by atoms with Gasteiger partial charge in [0.05, 0.1) is 0 Å². The van der Waals surface area contributed by atoms with Gasteiger partial charge in [0, 0.05) is 4.90 Å². The Labute approximate surface area is 66.7 Å². The normalized spacial score (nSPS) is 17.3. The van der Waals surface area contributed by atoms with Gasteiger partial charge in [-0.1, -0.05) is 18.2 Å². The van der Waals surface area contributed by atoms with Crippen LogP contribution in [0.4, 0.5) is 0 Å². The van der Waals surface area contributed by atoms with Crippen molar-refractivity contribution in [3.8, 4) is 0 Å². The van der Waals surface area contributed by atoms with Crippen molar-refractivity contribution in [3.05, 3.63) is 29.8 Å². The summed E-state index contributed by atoms with van der Waals surface area (Å²) in [5.41, 5.74) is 1.44. The monoisotopic (exact) mass is 150 g/mol. The fourth-order valence-corrected chi connectivity index (χ4v) is 1.57. The third-order valence-corrected chi connectivity index (χ3v) is 2.36. The summed E-state index contributed by atoms with van der Waals surface area (Å²) < 4.78 is 0. The van der Waals surface area contributed by atoms with Crippen molar-refractivity contribution in [2.24, 2.45) is 0 Å². The Morgan fingerprint density at radius 3 is 2.50 bits per heavy atom. The van der Waals surface area contributed by atoms with Gasteiger partial charge in [-0.15, -0.1) is 12.6 Å². The van der Waals surface area contributed by atoms with Crippen molar-refractivity contribution in [3.63, 3.8) is 0 Å². The Balaban J connectivity index is 2.39. The number of hydrogen-bond donors (Lipinski definition) is 1. The molecule has 0 heterocycles. The van der Waals surface area contributed by atoms with Gasteiger partial charge in [-0.25, -0.2) is 0 Å². The van der Waals surface area contributed by atoms with E-state index in [1.54, 1.807) is 0 Å². The first-order chi connectivity index (χ1) is 4.88. The van der Waals surface area contributed by atoms with Crippen molar-refractivity contribution in [1.82, 2.24) is 0 Å². The maximum absolute atomic E-state index is 4.38. The molecule has 1 fully saturated rings. The lowest BCUT2D eigenvalue weighted by Gasteiger charge is -1.99. The summed E-state index contributed by atoms with van der Waals surface area (Å²) in [6, 6.07) is 8.37. The highest BCUT2D eigenvalue weighted by Crippen LogP contribution is 2.42. The van der Waals surface area contributed by atoms with E-state index in [1.807, 2.05) is 6.07 Å². The maximum atomic E-state index is 4.38. The smallest absolute Gasteiger partial charge is 0.00748 e. The van der Waals surface area contributed by atoms with E-state index in [2.05, 4.69) is 30.8 Å². The molecule has 0 N–H and O–H groups in total. The van der Waals surface area contributed by atoms with Crippen molar-refractivity contribution < 1.29 is 0 Å². The molecule has 1 aromatic carbocycles. The summed E-state index contributed by atoms with van der Waals surface area (Å²) in [4.78, 5) is 1.16. The molecule has 0 spiro atoms. The second-order valence-corrected chi connectivity index (χ2v) is 3.31. The number of benzene rings is 1. The molecule has 0 aromatic heterocycles. The number of thiol groups is 1. The van der Waals surface area contributed by atoms with Crippen LogP contribution in [0, 0.1) is 0 Å². The van der Waals surface area contributed by atoms with Crippen LogP contribution in [0.5, 0.6) is 0 Å². The highest BCUT2D eigenvalue weighted by Gasteiger charge is 2.24. The summed E-state index contributed by atoms with van der Waals surface area (Å²) in [5.74, 6) is 0.827. The molecule has 0 amide bonds. The topological polar surface area (TPSA) is 0 Å². The average molecular weight is 150 g/mol. The lowest BCUT2D eigenvalue weighted by molar-refractivity contribution is 1.07. The van der Waals surface area contributed by atoms with Crippen molar-refractivity contribution in [2.45, 2.75) is 23.7 Å². The van der Waals surface area contributed by atoms with E-state index in [4.69, 9.17) is 0 Å². The molecule has 2 rings (SSSR count). The molecule has 1 heteroatoms. The van der Waals surface area contributed by atoms with Gasteiger partial charge in [0.2, 0.25) is 0 Å². The van der Waals surface area contributed by atoms with E-state index in [0.717, 1.165) is 10.8 Å². The van der Waals surface area contributed by atoms with Crippen LogP contribution < -0.4 is 0 Å². The van der Waals surface area contributed by atoms with Crippen LogP contribution in [0.3, 0.4) is 0 Å². The minimum absolute atomic E-state index is 0.827. The zero-order valence-electron chi connectivity index (χ0n) is 5.75. The van der Waals surface area contributed by atoms with Gasteiger partial charge in [-0.3, -0.25) is 0 Å². The van der Waals surface area contributed by atoms with E-state index in [9.17, 15) is 0 Å². The molecule has 1 aliphatic carbocycles. The molecule has 1 saturated carbocycles. The standard InChI is InChI=1S/C9H10S/c10-9-4-2-1-3-8(9)7-5-6-7/h1-4,7,10H,5-6H2. The fraction of sp³-hybridized carbons (Fsp3) is 0.333. The molecule has 52 valence electrons. The van der Waals surface area contributed by atoms with Crippen LogP contribution in [0.1, 0.15) is 24.3 Å². The largest absolute Gasteiger partial charge is 0.143 e. The summed E-state index contributed by atoms with van der Waals surface area (Å²) >= 11 is 4.38.